The highest BCUT2D eigenvalue weighted by Gasteiger charge is 2.30. The molecule has 0 saturated carbocycles. The molecule has 2 aromatic heterocycles. The molecule has 1 aliphatic rings. The number of hydrogen-bond acceptors (Lipinski definition) is 4. The van der Waals surface area contributed by atoms with Crippen LogP contribution in [-0.4, -0.2) is 45.0 Å². The number of rotatable bonds is 5. The Labute approximate surface area is 158 Å². The van der Waals surface area contributed by atoms with Gasteiger partial charge in [-0.25, -0.2) is 9.97 Å². The summed E-state index contributed by atoms with van der Waals surface area (Å²) in [5.41, 5.74) is 2.82. The maximum atomic E-state index is 12.7. The Kier molecular flexibility index (Phi) is 4.79. The molecule has 1 aromatic carbocycles. The van der Waals surface area contributed by atoms with Crippen LogP contribution in [0.2, 0.25) is 0 Å². The molecule has 1 amide bonds. The van der Waals surface area contributed by atoms with Crippen molar-refractivity contribution in [3.05, 3.63) is 54.0 Å². The summed E-state index contributed by atoms with van der Waals surface area (Å²) in [5.74, 6) is 2.28. The van der Waals surface area contributed by atoms with Crippen molar-refractivity contribution in [2.45, 2.75) is 25.7 Å². The molecule has 1 fully saturated rings. The molecule has 4 rings (SSSR count). The number of carbonyl (C=O) groups is 1. The molecule has 0 bridgehead atoms. The number of pyridine rings is 1. The number of imidazole rings is 1. The van der Waals surface area contributed by atoms with Crippen LogP contribution in [0.5, 0.6) is 5.75 Å². The summed E-state index contributed by atoms with van der Waals surface area (Å²) in [6.45, 7) is 4.09. The second kappa shape index (κ2) is 7.39. The van der Waals surface area contributed by atoms with E-state index in [2.05, 4.69) is 9.55 Å². The number of aromatic nitrogens is 3. The number of fused-ring (bicyclic) bond motifs is 1. The standard InChI is InChI=1S/C21H24N4O2/c1-3-27-17-8-6-15(7-9-17)13-19(26)25-12-10-16(14-25)20-23-18-5-4-11-22-21(18)24(20)2/h4-9,11,16H,3,10,12-14H2,1-2H3. The Balaban J connectivity index is 1.42. The van der Waals surface area contributed by atoms with E-state index in [1.165, 1.54) is 0 Å². The topological polar surface area (TPSA) is 60.2 Å². The molecule has 0 N–H and O–H groups in total. The first-order valence-electron chi connectivity index (χ1n) is 9.42. The second-order valence-electron chi connectivity index (χ2n) is 6.95. The molecule has 1 aliphatic heterocycles. The van der Waals surface area contributed by atoms with E-state index >= 15 is 0 Å². The van der Waals surface area contributed by atoms with Crippen LogP contribution in [0, 0.1) is 0 Å². The quantitative estimate of drug-likeness (QED) is 0.698. The van der Waals surface area contributed by atoms with E-state index in [1.54, 1.807) is 6.20 Å². The van der Waals surface area contributed by atoms with Crippen LogP contribution in [0.4, 0.5) is 0 Å². The zero-order valence-electron chi connectivity index (χ0n) is 15.8. The minimum atomic E-state index is 0.165. The van der Waals surface area contributed by atoms with Gasteiger partial charge < -0.3 is 14.2 Å². The molecule has 1 saturated heterocycles. The lowest BCUT2D eigenvalue weighted by atomic mass is 10.1. The van der Waals surface area contributed by atoms with Crippen molar-refractivity contribution in [2.24, 2.45) is 7.05 Å². The van der Waals surface area contributed by atoms with Gasteiger partial charge in [-0.3, -0.25) is 4.79 Å². The molecule has 27 heavy (non-hydrogen) atoms. The van der Waals surface area contributed by atoms with Gasteiger partial charge in [0.2, 0.25) is 5.91 Å². The minimum Gasteiger partial charge on any atom is -0.494 e. The van der Waals surface area contributed by atoms with E-state index in [4.69, 9.17) is 9.72 Å². The van der Waals surface area contributed by atoms with Gasteiger partial charge >= 0.3 is 0 Å². The van der Waals surface area contributed by atoms with Crippen LogP contribution in [0.25, 0.3) is 11.2 Å². The number of amides is 1. The molecule has 1 atom stereocenters. The van der Waals surface area contributed by atoms with Gasteiger partial charge in [-0.1, -0.05) is 12.1 Å². The number of nitrogens with zero attached hydrogens (tertiary/aromatic N) is 4. The number of benzene rings is 1. The molecular weight excluding hydrogens is 340 g/mol. The Hall–Kier alpha value is -2.89. The Bertz CT molecular complexity index is 948. The van der Waals surface area contributed by atoms with E-state index in [-0.39, 0.29) is 11.8 Å². The normalized spacial score (nSPS) is 16.8. The maximum absolute atomic E-state index is 12.7. The van der Waals surface area contributed by atoms with Crippen LogP contribution >= 0.6 is 0 Å². The Morgan fingerprint density at radius 3 is 2.81 bits per heavy atom. The summed E-state index contributed by atoms with van der Waals surface area (Å²) in [5, 5.41) is 0. The van der Waals surface area contributed by atoms with Crippen molar-refractivity contribution < 1.29 is 9.53 Å². The fourth-order valence-corrected chi connectivity index (χ4v) is 3.76. The van der Waals surface area contributed by atoms with E-state index in [0.717, 1.165) is 41.3 Å². The third kappa shape index (κ3) is 3.52. The average molecular weight is 364 g/mol. The monoisotopic (exact) mass is 364 g/mol. The van der Waals surface area contributed by atoms with Gasteiger partial charge in [0.1, 0.15) is 17.1 Å². The molecule has 3 heterocycles. The zero-order chi connectivity index (χ0) is 18.8. The Morgan fingerprint density at radius 1 is 1.26 bits per heavy atom. The van der Waals surface area contributed by atoms with E-state index in [9.17, 15) is 4.79 Å². The first-order valence-corrected chi connectivity index (χ1v) is 9.42. The van der Waals surface area contributed by atoms with E-state index in [0.29, 0.717) is 19.6 Å². The van der Waals surface area contributed by atoms with Crippen molar-refractivity contribution in [3.8, 4) is 5.75 Å². The average Bonchev–Trinajstić information content (AvgIpc) is 3.29. The molecule has 0 aliphatic carbocycles. The highest BCUT2D eigenvalue weighted by atomic mass is 16.5. The summed E-state index contributed by atoms with van der Waals surface area (Å²) >= 11 is 0. The fraction of sp³-hybridized carbons (Fsp3) is 0.381. The number of aryl methyl sites for hydroxylation is 1. The predicted molar refractivity (Wildman–Crippen MR) is 104 cm³/mol. The van der Waals surface area contributed by atoms with Gasteiger partial charge in [-0.2, -0.15) is 0 Å². The van der Waals surface area contributed by atoms with Gasteiger partial charge in [0.05, 0.1) is 13.0 Å². The lowest BCUT2D eigenvalue weighted by molar-refractivity contribution is -0.129. The lowest BCUT2D eigenvalue weighted by Crippen LogP contribution is -2.30. The van der Waals surface area contributed by atoms with Crippen LogP contribution in [0.15, 0.2) is 42.6 Å². The highest BCUT2D eigenvalue weighted by molar-refractivity contribution is 5.79. The number of ether oxygens (including phenoxy) is 1. The largest absolute Gasteiger partial charge is 0.494 e. The SMILES string of the molecule is CCOc1ccc(CC(=O)N2CCC(c3nc4cccnc4n3C)C2)cc1. The van der Waals surface area contributed by atoms with Crippen molar-refractivity contribution in [2.75, 3.05) is 19.7 Å². The molecule has 6 heteroatoms. The minimum absolute atomic E-state index is 0.165. The first kappa shape index (κ1) is 17.5. The number of hydrogen-bond donors (Lipinski definition) is 0. The van der Waals surface area contributed by atoms with Crippen LogP contribution in [-0.2, 0) is 18.3 Å². The summed E-state index contributed by atoms with van der Waals surface area (Å²) in [6.07, 6.45) is 3.14. The summed E-state index contributed by atoms with van der Waals surface area (Å²) in [6, 6.07) is 11.7. The smallest absolute Gasteiger partial charge is 0.227 e. The third-order valence-corrected chi connectivity index (χ3v) is 5.16. The van der Waals surface area contributed by atoms with Gasteiger partial charge in [0.25, 0.3) is 0 Å². The summed E-state index contributed by atoms with van der Waals surface area (Å²) < 4.78 is 7.51. The van der Waals surface area contributed by atoms with Crippen molar-refractivity contribution in [1.82, 2.24) is 19.4 Å². The van der Waals surface area contributed by atoms with E-state index in [1.807, 2.05) is 55.3 Å². The highest BCUT2D eigenvalue weighted by Crippen LogP contribution is 2.28. The zero-order valence-corrected chi connectivity index (χ0v) is 15.8. The molecule has 0 radical (unpaired) electrons. The lowest BCUT2D eigenvalue weighted by Gasteiger charge is -2.17. The van der Waals surface area contributed by atoms with Crippen molar-refractivity contribution >= 4 is 17.1 Å². The number of likely N-dealkylation sites (tertiary alicyclic amines) is 1. The van der Waals surface area contributed by atoms with Crippen LogP contribution in [0.3, 0.4) is 0 Å². The fourth-order valence-electron chi connectivity index (χ4n) is 3.76. The van der Waals surface area contributed by atoms with Crippen molar-refractivity contribution in [1.29, 1.82) is 0 Å². The van der Waals surface area contributed by atoms with Gasteiger partial charge in [0, 0.05) is 32.3 Å². The number of carbonyl (C=O) groups excluding carboxylic acids is 1. The third-order valence-electron chi connectivity index (χ3n) is 5.16. The molecule has 140 valence electrons. The van der Waals surface area contributed by atoms with Gasteiger partial charge in [0.15, 0.2) is 5.65 Å². The molecule has 0 spiro atoms. The molecule has 6 nitrogen and oxygen atoms in total. The van der Waals surface area contributed by atoms with Gasteiger partial charge in [-0.15, -0.1) is 0 Å². The van der Waals surface area contributed by atoms with Gasteiger partial charge in [-0.05, 0) is 43.2 Å². The molecule has 1 unspecified atom stereocenters. The summed E-state index contributed by atoms with van der Waals surface area (Å²) in [7, 11) is 2.00. The second-order valence-corrected chi connectivity index (χ2v) is 6.95. The van der Waals surface area contributed by atoms with Crippen molar-refractivity contribution in [3.63, 3.8) is 0 Å². The van der Waals surface area contributed by atoms with E-state index < -0.39 is 0 Å². The predicted octanol–water partition coefficient (Wildman–Crippen LogP) is 2.93. The first-order chi connectivity index (χ1) is 13.2. The molecular formula is C21H24N4O2. The van der Waals surface area contributed by atoms with Crippen LogP contribution < -0.4 is 4.74 Å². The van der Waals surface area contributed by atoms with Crippen LogP contribution in [0.1, 0.15) is 30.7 Å². The maximum Gasteiger partial charge on any atom is 0.227 e. The summed E-state index contributed by atoms with van der Waals surface area (Å²) in [4.78, 5) is 23.8. The molecule has 3 aromatic rings. The Morgan fingerprint density at radius 2 is 2.07 bits per heavy atom.